The molecule has 1 aliphatic rings. The highest BCUT2D eigenvalue weighted by Gasteiger charge is 2.50. The maximum Gasteiger partial charge on any atom is 0.325 e. The van der Waals surface area contributed by atoms with E-state index in [1.54, 1.807) is 0 Å². The zero-order valence-electron chi connectivity index (χ0n) is 14.6. The third kappa shape index (κ3) is 3.61. The number of nitrogens with one attached hydrogen (secondary N) is 3. The van der Waals surface area contributed by atoms with Crippen molar-refractivity contribution in [1.29, 1.82) is 0 Å². The van der Waals surface area contributed by atoms with Gasteiger partial charge in [-0.2, -0.15) is 5.10 Å². The van der Waals surface area contributed by atoms with Crippen LogP contribution in [0.25, 0.3) is 11.3 Å². The Morgan fingerprint density at radius 1 is 1.17 bits per heavy atom. The number of anilines is 1. The van der Waals surface area contributed by atoms with Crippen LogP contribution in [0.4, 0.5) is 14.5 Å². The average molecular weight is 405 g/mol. The molecule has 0 aromatic carbocycles. The van der Waals surface area contributed by atoms with Crippen LogP contribution in [0.1, 0.15) is 0 Å². The molecule has 0 saturated carbocycles. The Hall–Kier alpha value is -3.90. The van der Waals surface area contributed by atoms with Crippen molar-refractivity contribution in [3.05, 3.63) is 62.2 Å². The van der Waals surface area contributed by atoms with Crippen LogP contribution in [0.2, 0.25) is 0 Å². The van der Waals surface area contributed by atoms with Crippen LogP contribution < -0.4 is 26.4 Å². The molecule has 3 aromatic rings. The van der Waals surface area contributed by atoms with Gasteiger partial charge >= 0.3 is 11.6 Å². The Labute approximate surface area is 159 Å². The number of rotatable bonds is 4. The fourth-order valence-electron chi connectivity index (χ4n) is 2.94. The lowest BCUT2D eigenvalue weighted by atomic mass is 10.2. The molecule has 1 unspecified atom stereocenters. The monoisotopic (exact) mass is 405 g/mol. The smallest absolute Gasteiger partial charge is 0.325 e. The first-order valence-corrected chi connectivity index (χ1v) is 8.30. The predicted molar refractivity (Wildman–Crippen MR) is 95.1 cm³/mol. The maximum absolute atomic E-state index is 14.5. The molecular formula is C16H13F2N7O4. The van der Waals surface area contributed by atoms with Crippen molar-refractivity contribution in [2.75, 3.05) is 18.0 Å². The molecular weight excluding hydrogens is 392 g/mol. The van der Waals surface area contributed by atoms with E-state index in [1.165, 1.54) is 24.8 Å². The number of ether oxygens (including phenoxy) is 1. The Morgan fingerprint density at radius 2 is 1.93 bits per heavy atom. The first kappa shape index (κ1) is 18.5. The summed E-state index contributed by atoms with van der Waals surface area (Å²) in [6.07, 6.45) is 3.33. The summed E-state index contributed by atoms with van der Waals surface area (Å²) in [4.78, 5) is 48.2. The minimum absolute atomic E-state index is 0.00115. The Kier molecular flexibility index (Phi) is 4.41. The molecule has 0 amide bonds. The summed E-state index contributed by atoms with van der Waals surface area (Å²) >= 11 is 0. The minimum atomic E-state index is -3.26. The first-order chi connectivity index (χ1) is 13.8. The molecule has 13 heteroatoms. The molecule has 0 radical (unpaired) electrons. The van der Waals surface area contributed by atoms with Crippen molar-refractivity contribution < 1.29 is 13.5 Å². The molecule has 3 aromatic heterocycles. The SMILES string of the molecule is O=c1[nH]cc(-c2cc(N3CC(Oc4cncnc4)C(F)(F)C3)c(=O)[nH]n2)c(=O)[nH]1. The van der Waals surface area contributed by atoms with E-state index < -0.39 is 35.4 Å². The van der Waals surface area contributed by atoms with E-state index in [2.05, 4.69) is 25.1 Å². The second kappa shape index (κ2) is 6.92. The largest absolute Gasteiger partial charge is 0.479 e. The van der Waals surface area contributed by atoms with Gasteiger partial charge in [-0.25, -0.2) is 28.6 Å². The highest BCUT2D eigenvalue weighted by atomic mass is 19.3. The average Bonchev–Trinajstić information content (AvgIpc) is 2.97. The zero-order valence-corrected chi connectivity index (χ0v) is 14.6. The first-order valence-electron chi connectivity index (χ1n) is 8.30. The molecule has 4 rings (SSSR count). The second-order valence-corrected chi connectivity index (χ2v) is 6.28. The molecule has 0 aliphatic carbocycles. The summed E-state index contributed by atoms with van der Waals surface area (Å²) in [5, 5.41) is 5.93. The van der Waals surface area contributed by atoms with E-state index in [9.17, 15) is 23.2 Å². The highest BCUT2D eigenvalue weighted by Crippen LogP contribution is 2.33. The maximum atomic E-state index is 14.5. The fraction of sp³-hybridized carbons (Fsp3) is 0.250. The van der Waals surface area contributed by atoms with Gasteiger partial charge < -0.3 is 14.6 Å². The van der Waals surface area contributed by atoms with Crippen LogP contribution in [0.3, 0.4) is 0 Å². The summed E-state index contributed by atoms with van der Waals surface area (Å²) in [6.45, 7) is -1.07. The van der Waals surface area contributed by atoms with Crippen molar-refractivity contribution in [1.82, 2.24) is 30.1 Å². The van der Waals surface area contributed by atoms with Crippen LogP contribution in [-0.2, 0) is 0 Å². The zero-order chi connectivity index (χ0) is 20.6. The summed E-state index contributed by atoms with van der Waals surface area (Å²) in [6, 6.07) is 1.20. The van der Waals surface area contributed by atoms with Gasteiger partial charge in [0.15, 0.2) is 11.9 Å². The van der Waals surface area contributed by atoms with Gasteiger partial charge in [0, 0.05) is 6.20 Å². The molecule has 29 heavy (non-hydrogen) atoms. The normalized spacial score (nSPS) is 18.0. The van der Waals surface area contributed by atoms with E-state index in [4.69, 9.17) is 4.74 Å². The topological polar surface area (TPSA) is 150 Å². The lowest BCUT2D eigenvalue weighted by Gasteiger charge is -2.18. The summed E-state index contributed by atoms with van der Waals surface area (Å²) < 4.78 is 34.2. The van der Waals surface area contributed by atoms with E-state index >= 15 is 0 Å². The van der Waals surface area contributed by atoms with Gasteiger partial charge in [-0.1, -0.05) is 0 Å². The van der Waals surface area contributed by atoms with Crippen LogP contribution in [0, 0.1) is 0 Å². The number of hydrogen-bond acceptors (Lipinski definition) is 8. The molecule has 11 nitrogen and oxygen atoms in total. The number of aromatic amines is 3. The number of nitrogens with zero attached hydrogens (tertiary/aromatic N) is 4. The standard InChI is InChI=1S/C16H13F2N7O4/c17-16(18)6-25(5-12(16)29-8-2-19-7-20-3-8)11-1-10(23-24-14(11)27)9-4-21-15(28)22-13(9)26/h1-4,7,12H,5-6H2,(H,24,27)(H2,21,22,26,28). The van der Waals surface area contributed by atoms with Crippen LogP contribution in [-0.4, -0.2) is 55.2 Å². The molecule has 4 heterocycles. The predicted octanol–water partition coefficient (Wildman–Crippen LogP) is -0.494. The number of H-pyrrole nitrogens is 3. The van der Waals surface area contributed by atoms with Gasteiger partial charge in [0.1, 0.15) is 12.0 Å². The summed E-state index contributed by atoms with van der Waals surface area (Å²) in [7, 11) is 0. The Balaban J connectivity index is 1.65. The Morgan fingerprint density at radius 3 is 2.66 bits per heavy atom. The van der Waals surface area contributed by atoms with Gasteiger partial charge in [-0.15, -0.1) is 0 Å². The van der Waals surface area contributed by atoms with Crippen molar-refractivity contribution in [2.24, 2.45) is 0 Å². The summed E-state index contributed by atoms with van der Waals surface area (Å²) in [5.74, 6) is -3.19. The fourth-order valence-corrected chi connectivity index (χ4v) is 2.94. The Bertz CT molecular complexity index is 1210. The van der Waals surface area contributed by atoms with Crippen LogP contribution in [0.5, 0.6) is 5.75 Å². The lowest BCUT2D eigenvalue weighted by Crippen LogP contribution is -2.36. The number of alkyl halides is 2. The van der Waals surface area contributed by atoms with E-state index in [0.717, 1.165) is 11.1 Å². The molecule has 1 atom stereocenters. The minimum Gasteiger partial charge on any atom is -0.479 e. The molecule has 1 saturated heterocycles. The molecule has 150 valence electrons. The second-order valence-electron chi connectivity index (χ2n) is 6.28. The van der Waals surface area contributed by atoms with Crippen molar-refractivity contribution in [2.45, 2.75) is 12.0 Å². The van der Waals surface area contributed by atoms with Crippen LogP contribution in [0.15, 0.2) is 45.4 Å². The van der Waals surface area contributed by atoms with Gasteiger partial charge in [0.05, 0.1) is 36.7 Å². The van der Waals surface area contributed by atoms with Crippen molar-refractivity contribution >= 4 is 5.69 Å². The number of halogens is 2. The van der Waals surface area contributed by atoms with E-state index in [-0.39, 0.29) is 29.2 Å². The van der Waals surface area contributed by atoms with Gasteiger partial charge in [-0.05, 0) is 6.07 Å². The summed E-state index contributed by atoms with van der Waals surface area (Å²) in [5.41, 5.74) is -2.32. The van der Waals surface area contributed by atoms with Crippen LogP contribution >= 0.6 is 0 Å². The number of hydrogen-bond donors (Lipinski definition) is 3. The van der Waals surface area contributed by atoms with Gasteiger partial charge in [-0.3, -0.25) is 14.6 Å². The molecule has 3 N–H and O–H groups in total. The van der Waals surface area contributed by atoms with Gasteiger partial charge in [0.25, 0.3) is 11.1 Å². The molecule has 0 bridgehead atoms. The van der Waals surface area contributed by atoms with E-state index in [0.29, 0.717) is 0 Å². The number of aromatic nitrogens is 6. The van der Waals surface area contributed by atoms with E-state index in [1.807, 2.05) is 4.98 Å². The third-order valence-corrected chi connectivity index (χ3v) is 4.29. The van der Waals surface area contributed by atoms with Crippen molar-refractivity contribution in [3.8, 4) is 17.0 Å². The van der Waals surface area contributed by atoms with Crippen molar-refractivity contribution in [3.63, 3.8) is 0 Å². The van der Waals surface area contributed by atoms with Gasteiger partial charge in [0.2, 0.25) is 0 Å². The third-order valence-electron chi connectivity index (χ3n) is 4.29. The molecule has 1 fully saturated rings. The highest BCUT2D eigenvalue weighted by molar-refractivity contribution is 5.62. The molecule has 0 spiro atoms. The molecule has 1 aliphatic heterocycles. The lowest BCUT2D eigenvalue weighted by molar-refractivity contribution is -0.0596. The quantitative estimate of drug-likeness (QED) is 0.526.